The fourth-order valence-electron chi connectivity index (χ4n) is 4.44. The first-order valence-electron chi connectivity index (χ1n) is 9.97. The quantitative estimate of drug-likeness (QED) is 0.758. The Morgan fingerprint density at radius 3 is 2.56 bits per heavy atom. The molecule has 4 aliphatic rings. The van der Waals surface area contributed by atoms with Gasteiger partial charge in [0.15, 0.2) is 5.75 Å². The van der Waals surface area contributed by atoms with Crippen molar-refractivity contribution < 1.29 is 14.3 Å². The van der Waals surface area contributed by atoms with E-state index in [1.807, 2.05) is 26.0 Å². The second-order valence-electron chi connectivity index (χ2n) is 7.59. The van der Waals surface area contributed by atoms with Crippen LogP contribution in [-0.2, 0) is 9.59 Å². The zero-order valence-electron chi connectivity index (χ0n) is 16.1. The topological polar surface area (TPSA) is 73.9 Å². The van der Waals surface area contributed by atoms with E-state index in [1.54, 1.807) is 0 Å². The summed E-state index contributed by atoms with van der Waals surface area (Å²) in [6, 6.07) is 5.86. The third kappa shape index (κ3) is 3.04. The summed E-state index contributed by atoms with van der Waals surface area (Å²) >= 11 is 0. The maximum absolute atomic E-state index is 12.3. The van der Waals surface area contributed by atoms with Gasteiger partial charge in [0, 0.05) is 38.0 Å². The number of rotatable bonds is 2. The molecule has 1 aromatic rings. The second-order valence-corrected chi connectivity index (χ2v) is 7.59. The Balaban J connectivity index is 0.000000872. The van der Waals surface area contributed by atoms with Crippen molar-refractivity contribution in [1.29, 1.82) is 0 Å². The van der Waals surface area contributed by atoms with Gasteiger partial charge in [-0.1, -0.05) is 19.9 Å². The number of nitrogens with zero attached hydrogens (tertiary/aromatic N) is 2. The van der Waals surface area contributed by atoms with E-state index in [2.05, 4.69) is 26.5 Å². The van der Waals surface area contributed by atoms with Crippen LogP contribution >= 0.6 is 0 Å². The van der Waals surface area contributed by atoms with Crippen molar-refractivity contribution >= 4 is 23.2 Å². The van der Waals surface area contributed by atoms with Crippen molar-refractivity contribution in [3.8, 4) is 5.75 Å². The fraction of sp³-hybridized carbons (Fsp3) is 0.600. The molecule has 4 heterocycles. The molecule has 2 N–H and O–H groups in total. The van der Waals surface area contributed by atoms with Crippen LogP contribution in [-0.4, -0.2) is 57.2 Å². The maximum atomic E-state index is 12.3. The number of nitrogens with one attached hydrogen (secondary N) is 2. The van der Waals surface area contributed by atoms with E-state index in [0.29, 0.717) is 31.4 Å². The number of hydrogen-bond donors (Lipinski definition) is 2. The van der Waals surface area contributed by atoms with E-state index in [-0.39, 0.29) is 17.9 Å². The van der Waals surface area contributed by atoms with Gasteiger partial charge in [-0.25, -0.2) is 0 Å². The maximum Gasteiger partial charge on any atom is 0.249 e. The van der Waals surface area contributed by atoms with Crippen LogP contribution in [0.4, 0.5) is 11.4 Å². The second kappa shape index (κ2) is 7.03. The molecule has 146 valence electrons. The monoisotopic (exact) mass is 372 g/mol. The van der Waals surface area contributed by atoms with Crippen molar-refractivity contribution in [2.24, 2.45) is 5.41 Å². The SMILES string of the molecule is CC.O=C1CCC(N2CCOc3c(N4CC5(CNC5)C4)cccc32)C(=O)N1. The minimum absolute atomic E-state index is 0.177. The number of benzene rings is 1. The summed E-state index contributed by atoms with van der Waals surface area (Å²) in [4.78, 5) is 28.2. The first-order chi connectivity index (χ1) is 13.2. The Hall–Kier alpha value is -2.28. The summed E-state index contributed by atoms with van der Waals surface area (Å²) in [5.41, 5.74) is 2.53. The van der Waals surface area contributed by atoms with Crippen molar-refractivity contribution in [3.05, 3.63) is 18.2 Å². The lowest BCUT2D eigenvalue weighted by Gasteiger charge is -2.57. The highest BCUT2D eigenvalue weighted by molar-refractivity contribution is 6.02. The molecule has 27 heavy (non-hydrogen) atoms. The molecule has 4 aliphatic heterocycles. The van der Waals surface area contributed by atoms with E-state index in [4.69, 9.17) is 4.74 Å². The molecule has 7 nitrogen and oxygen atoms in total. The molecule has 1 spiro atoms. The van der Waals surface area contributed by atoms with Crippen molar-refractivity contribution in [2.75, 3.05) is 49.1 Å². The highest BCUT2D eigenvalue weighted by Gasteiger charge is 2.48. The van der Waals surface area contributed by atoms with Gasteiger partial charge in [0.25, 0.3) is 0 Å². The van der Waals surface area contributed by atoms with Crippen LogP contribution in [0.5, 0.6) is 5.75 Å². The molecule has 1 aromatic carbocycles. The van der Waals surface area contributed by atoms with Gasteiger partial charge in [-0.2, -0.15) is 0 Å². The molecule has 3 fully saturated rings. The standard InChI is InChI=1S/C18H22N4O3.C2H6/c23-15-5-4-14(17(24)20-15)22-6-7-25-16-12(2-1-3-13(16)22)21-10-18(11-21)8-19-9-18;1-2/h1-3,14,19H,4-11H2,(H,20,23,24);1-2H3. The molecule has 2 amide bonds. The highest BCUT2D eigenvalue weighted by Crippen LogP contribution is 2.46. The lowest BCUT2D eigenvalue weighted by molar-refractivity contribution is -0.134. The van der Waals surface area contributed by atoms with E-state index in [1.165, 1.54) is 0 Å². The van der Waals surface area contributed by atoms with E-state index in [9.17, 15) is 9.59 Å². The van der Waals surface area contributed by atoms with Gasteiger partial charge in [-0.05, 0) is 18.6 Å². The molecule has 0 bridgehead atoms. The predicted molar refractivity (Wildman–Crippen MR) is 104 cm³/mol. The number of carbonyl (C=O) groups excluding carboxylic acids is 2. The number of hydrogen-bond acceptors (Lipinski definition) is 6. The van der Waals surface area contributed by atoms with Gasteiger partial charge < -0.3 is 19.9 Å². The number of imide groups is 1. The normalized spacial score (nSPS) is 25.3. The van der Waals surface area contributed by atoms with Crippen LogP contribution in [0.15, 0.2) is 18.2 Å². The lowest BCUT2D eigenvalue weighted by Crippen LogP contribution is -2.71. The average molecular weight is 372 g/mol. The number of amides is 2. The average Bonchev–Trinajstić information content (AvgIpc) is 2.61. The highest BCUT2D eigenvalue weighted by atomic mass is 16.5. The summed E-state index contributed by atoms with van der Waals surface area (Å²) in [6.07, 6.45) is 0.956. The molecular weight excluding hydrogens is 344 g/mol. The Bertz CT molecular complexity index is 739. The number of fused-ring (bicyclic) bond motifs is 1. The predicted octanol–water partition coefficient (Wildman–Crippen LogP) is 1.13. The van der Waals surface area contributed by atoms with Crippen molar-refractivity contribution in [1.82, 2.24) is 10.6 Å². The van der Waals surface area contributed by atoms with Gasteiger partial charge in [-0.3, -0.25) is 14.9 Å². The van der Waals surface area contributed by atoms with Crippen LogP contribution < -0.4 is 25.2 Å². The minimum atomic E-state index is -0.297. The molecule has 0 aliphatic carbocycles. The van der Waals surface area contributed by atoms with Gasteiger partial charge in [-0.15, -0.1) is 0 Å². The smallest absolute Gasteiger partial charge is 0.249 e. The molecule has 1 atom stereocenters. The van der Waals surface area contributed by atoms with Gasteiger partial charge in [0.1, 0.15) is 12.6 Å². The molecule has 0 saturated carbocycles. The Morgan fingerprint density at radius 1 is 1.15 bits per heavy atom. The number of piperidine rings is 1. The van der Waals surface area contributed by atoms with Crippen LogP contribution in [0, 0.1) is 5.41 Å². The van der Waals surface area contributed by atoms with E-state index >= 15 is 0 Å². The van der Waals surface area contributed by atoms with E-state index in [0.717, 1.165) is 43.3 Å². The summed E-state index contributed by atoms with van der Waals surface area (Å²) in [7, 11) is 0. The summed E-state index contributed by atoms with van der Waals surface area (Å²) in [5.74, 6) is 0.502. The third-order valence-electron chi connectivity index (χ3n) is 5.84. The molecule has 1 unspecified atom stereocenters. The summed E-state index contributed by atoms with van der Waals surface area (Å²) in [5, 5.41) is 5.82. The van der Waals surface area contributed by atoms with Crippen molar-refractivity contribution in [2.45, 2.75) is 32.7 Å². The number of anilines is 2. The summed E-state index contributed by atoms with van der Waals surface area (Å²) < 4.78 is 6.01. The molecule has 3 saturated heterocycles. The van der Waals surface area contributed by atoms with Crippen LogP contribution in [0.2, 0.25) is 0 Å². The Labute approximate surface area is 160 Å². The van der Waals surface area contributed by atoms with Crippen LogP contribution in [0.3, 0.4) is 0 Å². The molecule has 0 aromatic heterocycles. The van der Waals surface area contributed by atoms with Crippen LogP contribution in [0.1, 0.15) is 26.7 Å². The molecule has 5 rings (SSSR count). The van der Waals surface area contributed by atoms with Gasteiger partial charge >= 0.3 is 0 Å². The minimum Gasteiger partial charge on any atom is -0.487 e. The van der Waals surface area contributed by atoms with Crippen molar-refractivity contribution in [3.63, 3.8) is 0 Å². The van der Waals surface area contributed by atoms with Gasteiger partial charge in [0.2, 0.25) is 11.8 Å². The van der Waals surface area contributed by atoms with E-state index < -0.39 is 0 Å². The first-order valence-corrected chi connectivity index (χ1v) is 9.97. The molecule has 0 radical (unpaired) electrons. The Kier molecular flexibility index (Phi) is 4.72. The fourth-order valence-corrected chi connectivity index (χ4v) is 4.44. The summed E-state index contributed by atoms with van der Waals surface area (Å²) in [6.45, 7) is 9.53. The third-order valence-corrected chi connectivity index (χ3v) is 5.84. The number of ether oxygens (including phenoxy) is 1. The molecular formula is C20H28N4O3. The zero-order valence-corrected chi connectivity index (χ0v) is 16.1. The van der Waals surface area contributed by atoms with Crippen LogP contribution in [0.25, 0.3) is 0 Å². The number of para-hydroxylation sites is 1. The largest absolute Gasteiger partial charge is 0.487 e. The number of carbonyl (C=O) groups is 2. The lowest BCUT2D eigenvalue weighted by atomic mass is 9.74. The molecule has 7 heteroatoms. The first kappa shape index (κ1) is 18.1. The Morgan fingerprint density at radius 2 is 1.89 bits per heavy atom. The zero-order chi connectivity index (χ0) is 19.0. The van der Waals surface area contributed by atoms with Gasteiger partial charge in [0.05, 0.1) is 17.9 Å².